The highest BCUT2D eigenvalue weighted by molar-refractivity contribution is 6.05. The fraction of sp³-hybridized carbons (Fsp3) is 0.263. The van der Waals surface area contributed by atoms with Gasteiger partial charge in [0.1, 0.15) is 28.9 Å². The van der Waals surface area contributed by atoms with E-state index in [4.69, 9.17) is 15.9 Å². The van der Waals surface area contributed by atoms with Crippen LogP contribution in [0.1, 0.15) is 32.0 Å². The van der Waals surface area contributed by atoms with Crippen molar-refractivity contribution in [1.29, 1.82) is 5.41 Å². The first-order valence-corrected chi connectivity index (χ1v) is 8.42. The van der Waals surface area contributed by atoms with Gasteiger partial charge in [0.15, 0.2) is 0 Å². The van der Waals surface area contributed by atoms with Crippen molar-refractivity contribution in [2.24, 2.45) is 5.73 Å². The molecular formula is C19H22F2N4O. The van der Waals surface area contributed by atoms with Crippen LogP contribution in [0, 0.1) is 17.0 Å². The number of nitrogens with two attached hydrogens (primary N) is 1. The van der Waals surface area contributed by atoms with Gasteiger partial charge in [-0.2, -0.15) is 5.10 Å². The van der Waals surface area contributed by atoms with Gasteiger partial charge in [-0.05, 0) is 13.0 Å². The minimum absolute atomic E-state index is 0.113. The average molecular weight is 360 g/mol. The molecule has 1 aromatic heterocycles. The fourth-order valence-electron chi connectivity index (χ4n) is 2.58. The van der Waals surface area contributed by atoms with E-state index in [9.17, 15) is 8.78 Å². The number of hydrogen-bond donors (Lipinski definition) is 2. The summed E-state index contributed by atoms with van der Waals surface area (Å²) >= 11 is 0. The van der Waals surface area contributed by atoms with Crippen LogP contribution in [0.25, 0.3) is 10.9 Å². The number of fused-ring (bicyclic) bond motifs is 1. The SMILES string of the molecule is CC.CCOc1cc(F)c(Cn2nc(C(=N)N)c3ccccc32)c(F)c1. The molecule has 0 spiro atoms. The number of rotatable bonds is 5. The molecular weight excluding hydrogens is 338 g/mol. The van der Waals surface area contributed by atoms with Gasteiger partial charge in [0.25, 0.3) is 0 Å². The van der Waals surface area contributed by atoms with E-state index in [0.29, 0.717) is 17.5 Å². The van der Waals surface area contributed by atoms with Crippen LogP contribution < -0.4 is 10.5 Å². The molecule has 0 saturated carbocycles. The Balaban J connectivity index is 0.00000117. The lowest BCUT2D eigenvalue weighted by Gasteiger charge is -2.09. The molecule has 0 fully saturated rings. The summed E-state index contributed by atoms with van der Waals surface area (Å²) in [7, 11) is 0. The third kappa shape index (κ3) is 3.82. The molecule has 0 atom stereocenters. The number of halogens is 2. The van der Waals surface area contributed by atoms with Crippen LogP contribution >= 0.6 is 0 Å². The first-order chi connectivity index (χ1) is 12.5. The van der Waals surface area contributed by atoms with Crippen LogP contribution in [0.5, 0.6) is 5.75 Å². The highest BCUT2D eigenvalue weighted by Crippen LogP contribution is 2.24. The van der Waals surface area contributed by atoms with Gasteiger partial charge < -0.3 is 10.5 Å². The molecule has 0 bridgehead atoms. The minimum Gasteiger partial charge on any atom is -0.494 e. The first kappa shape index (κ1) is 19.4. The molecule has 0 saturated heterocycles. The third-order valence-electron chi connectivity index (χ3n) is 3.65. The molecule has 26 heavy (non-hydrogen) atoms. The Morgan fingerprint density at radius 3 is 2.38 bits per heavy atom. The van der Waals surface area contributed by atoms with Gasteiger partial charge in [-0.1, -0.05) is 32.0 Å². The van der Waals surface area contributed by atoms with Crippen molar-refractivity contribution in [3.8, 4) is 5.75 Å². The van der Waals surface area contributed by atoms with Gasteiger partial charge >= 0.3 is 0 Å². The smallest absolute Gasteiger partial charge is 0.144 e. The van der Waals surface area contributed by atoms with E-state index in [1.807, 2.05) is 13.8 Å². The van der Waals surface area contributed by atoms with E-state index in [2.05, 4.69) is 5.10 Å². The van der Waals surface area contributed by atoms with Gasteiger partial charge in [0, 0.05) is 23.1 Å². The zero-order chi connectivity index (χ0) is 19.3. The van der Waals surface area contributed by atoms with Crippen molar-refractivity contribution in [1.82, 2.24) is 9.78 Å². The van der Waals surface area contributed by atoms with Gasteiger partial charge in [-0.15, -0.1) is 0 Å². The Morgan fingerprint density at radius 1 is 1.19 bits per heavy atom. The molecule has 5 nitrogen and oxygen atoms in total. The second kappa shape index (κ2) is 8.42. The topological polar surface area (TPSA) is 76.9 Å². The highest BCUT2D eigenvalue weighted by Gasteiger charge is 2.17. The van der Waals surface area contributed by atoms with Crippen molar-refractivity contribution >= 4 is 16.7 Å². The summed E-state index contributed by atoms with van der Waals surface area (Å²) < 4.78 is 35.1. The largest absolute Gasteiger partial charge is 0.494 e. The molecule has 0 aliphatic heterocycles. The molecule has 3 rings (SSSR count). The van der Waals surface area contributed by atoms with Crippen LogP contribution in [-0.4, -0.2) is 22.2 Å². The maximum absolute atomic E-state index is 14.3. The lowest BCUT2D eigenvalue weighted by Crippen LogP contribution is -2.13. The normalized spacial score (nSPS) is 10.3. The Labute approximate surface area is 150 Å². The summed E-state index contributed by atoms with van der Waals surface area (Å²) in [6, 6.07) is 9.41. The molecule has 0 aliphatic carbocycles. The molecule has 0 unspecified atom stereocenters. The fourth-order valence-corrected chi connectivity index (χ4v) is 2.58. The number of benzene rings is 2. The number of nitrogens with one attached hydrogen (secondary N) is 1. The van der Waals surface area contributed by atoms with E-state index < -0.39 is 11.6 Å². The first-order valence-electron chi connectivity index (χ1n) is 8.42. The molecule has 3 N–H and O–H groups in total. The number of hydrogen-bond acceptors (Lipinski definition) is 3. The third-order valence-corrected chi connectivity index (χ3v) is 3.65. The second-order valence-corrected chi connectivity index (χ2v) is 5.24. The molecule has 0 aliphatic rings. The number of nitrogen functional groups attached to an aromatic ring is 1. The van der Waals surface area contributed by atoms with Crippen LogP contribution in [0.4, 0.5) is 8.78 Å². The van der Waals surface area contributed by atoms with Crippen molar-refractivity contribution in [2.45, 2.75) is 27.3 Å². The Bertz CT molecular complexity index is 898. The second-order valence-electron chi connectivity index (χ2n) is 5.24. The predicted molar refractivity (Wildman–Crippen MR) is 98.7 cm³/mol. The monoisotopic (exact) mass is 360 g/mol. The number of aromatic nitrogens is 2. The molecule has 0 radical (unpaired) electrons. The summed E-state index contributed by atoms with van der Waals surface area (Å²) in [5.74, 6) is -1.46. The zero-order valence-electron chi connectivity index (χ0n) is 15.0. The Morgan fingerprint density at radius 2 is 1.81 bits per heavy atom. The van der Waals surface area contributed by atoms with Crippen molar-refractivity contribution in [3.63, 3.8) is 0 Å². The Kier molecular flexibility index (Phi) is 6.27. The van der Waals surface area contributed by atoms with E-state index in [0.717, 1.165) is 12.1 Å². The average Bonchev–Trinajstić information content (AvgIpc) is 2.99. The molecule has 2 aromatic carbocycles. The summed E-state index contributed by atoms with van der Waals surface area (Å²) in [4.78, 5) is 0. The summed E-state index contributed by atoms with van der Waals surface area (Å²) in [5.41, 5.74) is 6.36. The van der Waals surface area contributed by atoms with Gasteiger partial charge in [0.2, 0.25) is 0 Å². The molecule has 1 heterocycles. The maximum Gasteiger partial charge on any atom is 0.144 e. The highest BCUT2D eigenvalue weighted by atomic mass is 19.1. The van der Waals surface area contributed by atoms with Gasteiger partial charge in [-0.3, -0.25) is 10.1 Å². The van der Waals surface area contributed by atoms with E-state index in [1.165, 1.54) is 4.68 Å². The van der Waals surface area contributed by atoms with Crippen LogP contribution in [0.3, 0.4) is 0 Å². The van der Waals surface area contributed by atoms with Gasteiger partial charge in [-0.25, -0.2) is 8.78 Å². The van der Waals surface area contributed by atoms with Crippen LogP contribution in [0.15, 0.2) is 36.4 Å². The zero-order valence-corrected chi connectivity index (χ0v) is 15.0. The lowest BCUT2D eigenvalue weighted by molar-refractivity contribution is 0.335. The van der Waals surface area contributed by atoms with E-state index in [1.54, 1.807) is 31.2 Å². The number of para-hydroxylation sites is 1. The molecule has 138 valence electrons. The lowest BCUT2D eigenvalue weighted by atomic mass is 10.1. The van der Waals surface area contributed by atoms with Crippen LogP contribution in [-0.2, 0) is 6.54 Å². The number of nitrogens with zero attached hydrogens (tertiary/aromatic N) is 2. The standard InChI is InChI=1S/C17H16F2N4O.C2H6/c1-2-24-10-7-13(18)12(14(19)8-10)9-23-15-6-4-3-5-11(15)16(22-23)17(20)21;1-2/h3-8H,2,9H2,1H3,(H3,20,21);1-2H3. The summed E-state index contributed by atoms with van der Waals surface area (Å²) in [5, 5.41) is 12.5. The van der Waals surface area contributed by atoms with Crippen molar-refractivity contribution < 1.29 is 13.5 Å². The van der Waals surface area contributed by atoms with E-state index in [-0.39, 0.29) is 29.4 Å². The summed E-state index contributed by atoms with van der Waals surface area (Å²) in [6.07, 6.45) is 0. The molecule has 7 heteroatoms. The van der Waals surface area contributed by atoms with Crippen LogP contribution in [0.2, 0.25) is 0 Å². The Hall–Kier alpha value is -2.96. The minimum atomic E-state index is -0.706. The summed E-state index contributed by atoms with van der Waals surface area (Å²) in [6.45, 7) is 5.95. The maximum atomic E-state index is 14.3. The van der Waals surface area contributed by atoms with Crippen molar-refractivity contribution in [3.05, 3.63) is 59.3 Å². The number of ether oxygens (including phenoxy) is 1. The van der Waals surface area contributed by atoms with Crippen molar-refractivity contribution in [2.75, 3.05) is 6.61 Å². The quantitative estimate of drug-likeness (QED) is 0.532. The number of amidine groups is 1. The predicted octanol–water partition coefficient (Wildman–Crippen LogP) is 4.07. The van der Waals surface area contributed by atoms with E-state index >= 15 is 0 Å². The molecule has 3 aromatic rings. The molecule has 0 amide bonds. The van der Waals surface area contributed by atoms with Gasteiger partial charge in [0.05, 0.1) is 18.7 Å².